The minimum Gasteiger partial charge on any atom is -0.507 e. The van der Waals surface area contributed by atoms with Gasteiger partial charge < -0.3 is 10.1 Å². The summed E-state index contributed by atoms with van der Waals surface area (Å²) in [7, 11) is 0. The molecule has 0 atom stereocenters. The minimum atomic E-state index is 0.202. The Labute approximate surface area is 125 Å². The topological polar surface area (TPSA) is 61.8 Å². The lowest BCUT2D eigenvalue weighted by atomic mass is 10.2. The third-order valence-electron chi connectivity index (χ3n) is 2.52. The van der Waals surface area contributed by atoms with Crippen LogP contribution in [0.25, 0.3) is 22.6 Å². The summed E-state index contributed by atoms with van der Waals surface area (Å²) in [6.45, 7) is 0. The summed E-state index contributed by atoms with van der Waals surface area (Å²) in [5.74, 6) is 0.820. The molecule has 0 unspecified atom stereocenters. The van der Waals surface area contributed by atoms with Gasteiger partial charge in [-0.15, -0.1) is 0 Å². The minimum absolute atomic E-state index is 0.202. The number of hydrogen-bond donors (Lipinski definition) is 2. The van der Waals surface area contributed by atoms with Crippen LogP contribution >= 0.6 is 38.5 Å². The molecule has 3 aromatic rings. The van der Waals surface area contributed by atoms with Crippen molar-refractivity contribution in [3.8, 4) is 17.1 Å². The van der Waals surface area contributed by atoms with Gasteiger partial charge in [0.2, 0.25) is 0 Å². The molecule has 0 bridgehead atoms. The number of H-pyrrole nitrogens is 1. The van der Waals surface area contributed by atoms with Crippen LogP contribution in [-0.2, 0) is 0 Å². The number of aromatic nitrogens is 3. The van der Waals surface area contributed by atoms with Crippen molar-refractivity contribution >= 4 is 49.7 Å². The third kappa shape index (κ3) is 2.10. The summed E-state index contributed by atoms with van der Waals surface area (Å²) in [4.78, 5) is 11.7. The molecule has 0 spiro atoms. The number of imidazole rings is 1. The molecule has 0 aliphatic carbocycles. The number of phenolic OH excluding ortho intramolecular Hbond substituents is 1. The molecule has 2 N–H and O–H groups in total. The van der Waals surface area contributed by atoms with Gasteiger partial charge in [0.15, 0.2) is 5.65 Å². The van der Waals surface area contributed by atoms with Crippen molar-refractivity contribution in [1.82, 2.24) is 15.0 Å². The summed E-state index contributed by atoms with van der Waals surface area (Å²) >= 11 is 5.56. The average Bonchev–Trinajstić information content (AvgIpc) is 2.74. The number of nitrogens with one attached hydrogen (secondary N) is 1. The quantitative estimate of drug-likeness (QED) is 0.595. The largest absolute Gasteiger partial charge is 0.507 e. The number of pyridine rings is 1. The number of halogens is 2. The summed E-state index contributed by atoms with van der Waals surface area (Å²) in [5.41, 5.74) is 2.14. The van der Waals surface area contributed by atoms with Crippen LogP contribution < -0.4 is 0 Å². The Hall–Kier alpha value is -1.15. The van der Waals surface area contributed by atoms with Gasteiger partial charge in [-0.1, -0.05) is 0 Å². The zero-order valence-corrected chi connectivity index (χ0v) is 12.7. The molecule has 0 fully saturated rings. The second-order valence-electron chi connectivity index (χ2n) is 3.77. The van der Waals surface area contributed by atoms with Crippen molar-refractivity contribution in [2.75, 3.05) is 0 Å². The molecule has 0 radical (unpaired) electrons. The van der Waals surface area contributed by atoms with Crippen molar-refractivity contribution in [2.45, 2.75) is 0 Å². The van der Waals surface area contributed by atoms with Gasteiger partial charge in [-0.25, -0.2) is 9.97 Å². The van der Waals surface area contributed by atoms with Crippen molar-refractivity contribution in [2.24, 2.45) is 0 Å². The summed E-state index contributed by atoms with van der Waals surface area (Å²) in [6.07, 6.45) is 1.70. The molecule has 18 heavy (non-hydrogen) atoms. The Morgan fingerprint density at radius 3 is 2.94 bits per heavy atom. The molecule has 2 heterocycles. The first-order valence-electron chi connectivity index (χ1n) is 5.13. The van der Waals surface area contributed by atoms with E-state index in [-0.39, 0.29) is 5.75 Å². The molecule has 90 valence electrons. The Bertz CT molecular complexity index is 741. The third-order valence-corrected chi connectivity index (χ3v) is 3.62. The first kappa shape index (κ1) is 11.9. The molecule has 4 nitrogen and oxygen atoms in total. The fourth-order valence-electron chi connectivity index (χ4n) is 1.70. The van der Waals surface area contributed by atoms with Gasteiger partial charge in [-0.05, 0) is 62.8 Å². The van der Waals surface area contributed by atoms with E-state index in [1.165, 1.54) is 0 Å². The fourth-order valence-corrected chi connectivity index (χ4v) is 2.52. The number of aromatic amines is 1. The van der Waals surface area contributed by atoms with E-state index in [4.69, 9.17) is 0 Å². The molecule has 2 aromatic heterocycles. The van der Waals surface area contributed by atoms with Crippen LogP contribution in [0.2, 0.25) is 0 Å². The van der Waals surface area contributed by atoms with Gasteiger partial charge in [-0.3, -0.25) is 0 Å². The number of aromatic hydroxyl groups is 1. The highest BCUT2D eigenvalue weighted by atomic mass is 127. The van der Waals surface area contributed by atoms with E-state index in [2.05, 4.69) is 53.5 Å². The standard InChI is InChI=1S/C12H7BrIN3O/c13-6-3-9-12(15-5-6)17-11(16-9)8-4-7(14)1-2-10(8)18/h1-5,18H,(H,15,16,17). The predicted octanol–water partition coefficient (Wildman–Crippen LogP) is 3.70. The van der Waals surface area contributed by atoms with Gasteiger partial charge in [0.05, 0.1) is 11.1 Å². The van der Waals surface area contributed by atoms with Gasteiger partial charge in [0.1, 0.15) is 11.6 Å². The normalized spacial score (nSPS) is 11.0. The highest BCUT2D eigenvalue weighted by Gasteiger charge is 2.10. The Kier molecular flexibility index (Phi) is 2.98. The monoisotopic (exact) mass is 415 g/mol. The molecule has 0 saturated carbocycles. The second-order valence-corrected chi connectivity index (χ2v) is 5.93. The van der Waals surface area contributed by atoms with E-state index >= 15 is 0 Å². The Morgan fingerprint density at radius 1 is 1.28 bits per heavy atom. The second kappa shape index (κ2) is 4.51. The van der Waals surface area contributed by atoms with Crippen molar-refractivity contribution in [3.63, 3.8) is 0 Å². The average molecular weight is 416 g/mol. The smallest absolute Gasteiger partial charge is 0.178 e. The van der Waals surface area contributed by atoms with Gasteiger partial charge in [-0.2, -0.15) is 0 Å². The van der Waals surface area contributed by atoms with Gasteiger partial charge in [0.25, 0.3) is 0 Å². The van der Waals surface area contributed by atoms with E-state index < -0.39 is 0 Å². The highest BCUT2D eigenvalue weighted by Crippen LogP contribution is 2.30. The molecule has 0 amide bonds. The maximum absolute atomic E-state index is 9.88. The van der Waals surface area contributed by atoms with Gasteiger partial charge >= 0.3 is 0 Å². The van der Waals surface area contributed by atoms with E-state index in [0.717, 1.165) is 13.6 Å². The first-order valence-corrected chi connectivity index (χ1v) is 7.01. The van der Waals surface area contributed by atoms with Crippen molar-refractivity contribution < 1.29 is 5.11 Å². The molecule has 0 aliphatic heterocycles. The molecule has 0 aliphatic rings. The van der Waals surface area contributed by atoms with Crippen LogP contribution in [-0.4, -0.2) is 20.1 Å². The zero-order chi connectivity index (χ0) is 12.7. The van der Waals surface area contributed by atoms with Crippen LogP contribution in [0.3, 0.4) is 0 Å². The van der Waals surface area contributed by atoms with Crippen LogP contribution in [0.4, 0.5) is 0 Å². The first-order chi connectivity index (χ1) is 8.63. The lowest BCUT2D eigenvalue weighted by molar-refractivity contribution is 0.477. The predicted molar refractivity (Wildman–Crippen MR) is 81.4 cm³/mol. The number of rotatable bonds is 1. The lowest BCUT2D eigenvalue weighted by Gasteiger charge is -2.01. The number of benzene rings is 1. The number of fused-ring (bicyclic) bond motifs is 1. The van der Waals surface area contributed by atoms with E-state index in [1.807, 2.05) is 18.2 Å². The van der Waals surface area contributed by atoms with E-state index in [1.54, 1.807) is 12.3 Å². The molecule has 6 heteroatoms. The van der Waals surface area contributed by atoms with Crippen LogP contribution in [0.1, 0.15) is 0 Å². The maximum atomic E-state index is 9.88. The number of hydrogen-bond acceptors (Lipinski definition) is 3. The van der Waals surface area contributed by atoms with Crippen molar-refractivity contribution in [1.29, 1.82) is 0 Å². The highest BCUT2D eigenvalue weighted by molar-refractivity contribution is 14.1. The maximum Gasteiger partial charge on any atom is 0.178 e. The summed E-state index contributed by atoms with van der Waals surface area (Å²) in [5, 5.41) is 9.88. The Morgan fingerprint density at radius 2 is 2.11 bits per heavy atom. The SMILES string of the molecule is Oc1ccc(I)cc1-c1nc2ncc(Br)cc2[nH]1. The van der Waals surface area contributed by atoms with E-state index in [0.29, 0.717) is 17.0 Å². The fraction of sp³-hybridized carbons (Fsp3) is 0. The molecular formula is C12H7BrIN3O. The molecular weight excluding hydrogens is 409 g/mol. The lowest BCUT2D eigenvalue weighted by Crippen LogP contribution is -1.83. The zero-order valence-electron chi connectivity index (χ0n) is 8.98. The summed E-state index contributed by atoms with van der Waals surface area (Å²) in [6, 6.07) is 7.29. The number of phenols is 1. The van der Waals surface area contributed by atoms with E-state index in [9.17, 15) is 5.11 Å². The summed E-state index contributed by atoms with van der Waals surface area (Å²) < 4.78 is 1.92. The Balaban J connectivity index is 2.22. The van der Waals surface area contributed by atoms with Gasteiger partial charge in [0, 0.05) is 14.2 Å². The van der Waals surface area contributed by atoms with Crippen LogP contribution in [0.5, 0.6) is 5.75 Å². The van der Waals surface area contributed by atoms with Crippen LogP contribution in [0, 0.1) is 3.57 Å². The molecule has 0 saturated heterocycles. The molecule has 3 rings (SSSR count). The molecule has 1 aromatic carbocycles. The van der Waals surface area contributed by atoms with Crippen LogP contribution in [0.15, 0.2) is 34.9 Å². The van der Waals surface area contributed by atoms with Crippen molar-refractivity contribution in [3.05, 3.63) is 38.5 Å². The number of nitrogens with zero attached hydrogens (tertiary/aromatic N) is 2.